The topological polar surface area (TPSA) is 55.0 Å². The second-order valence-corrected chi connectivity index (χ2v) is 5.97. The third kappa shape index (κ3) is 3.63. The summed E-state index contributed by atoms with van der Waals surface area (Å²) in [5.74, 6) is 0.685. The van der Waals surface area contributed by atoms with E-state index in [4.69, 9.17) is 4.74 Å². The predicted molar refractivity (Wildman–Crippen MR) is 93.2 cm³/mol. The van der Waals surface area contributed by atoms with Crippen molar-refractivity contribution in [2.45, 2.75) is 12.1 Å². The second-order valence-electron chi connectivity index (χ2n) is 5.08. The van der Waals surface area contributed by atoms with Gasteiger partial charge in [-0.15, -0.1) is 0 Å². The summed E-state index contributed by atoms with van der Waals surface area (Å²) in [5.41, 5.74) is 3.74. The van der Waals surface area contributed by atoms with Crippen molar-refractivity contribution in [3.05, 3.63) is 65.1 Å². The van der Waals surface area contributed by atoms with E-state index in [0.29, 0.717) is 5.56 Å². The molecule has 0 aliphatic rings. The number of benzene rings is 2. The fraction of sp³-hybridized carbons (Fsp3) is 0.111. The third-order valence-electron chi connectivity index (χ3n) is 3.39. The molecule has 0 bridgehead atoms. The lowest BCUT2D eigenvalue weighted by Crippen LogP contribution is -1.93. The van der Waals surface area contributed by atoms with Gasteiger partial charge in [-0.1, -0.05) is 17.8 Å². The number of carbonyl (C=O) groups excluding carboxylic acids is 1. The highest BCUT2D eigenvalue weighted by Gasteiger charge is 2.04. The van der Waals surface area contributed by atoms with Gasteiger partial charge in [-0.3, -0.25) is 4.79 Å². The molecular weight excluding hydrogens is 308 g/mol. The zero-order chi connectivity index (χ0) is 16.2. The van der Waals surface area contributed by atoms with Crippen LogP contribution in [0, 0.1) is 6.92 Å². The first-order valence-electron chi connectivity index (χ1n) is 7.13. The summed E-state index contributed by atoms with van der Waals surface area (Å²) in [6.45, 7) is 2.04. The number of allylic oxidation sites excluding steroid dienone is 1. The SMILES string of the molecule is COc1ccc(C(=O)/C=C\Sc2nc3ccc(C)cc3[nH]2)cc1. The minimum absolute atomic E-state index is 0.0490. The number of hydrogen-bond donors (Lipinski definition) is 1. The molecule has 4 nitrogen and oxygen atoms in total. The number of fused-ring (bicyclic) bond motifs is 1. The molecule has 0 radical (unpaired) electrons. The van der Waals surface area contributed by atoms with E-state index in [2.05, 4.69) is 16.0 Å². The van der Waals surface area contributed by atoms with E-state index in [1.54, 1.807) is 42.9 Å². The zero-order valence-corrected chi connectivity index (χ0v) is 13.7. The van der Waals surface area contributed by atoms with Crippen LogP contribution >= 0.6 is 11.8 Å². The lowest BCUT2D eigenvalue weighted by Gasteiger charge is -1.99. The van der Waals surface area contributed by atoms with Crippen molar-refractivity contribution in [1.29, 1.82) is 0 Å². The van der Waals surface area contributed by atoms with Gasteiger partial charge in [-0.05, 0) is 60.4 Å². The lowest BCUT2D eigenvalue weighted by atomic mass is 10.1. The quantitative estimate of drug-likeness (QED) is 0.430. The standard InChI is InChI=1S/C18H16N2O2S/c1-12-3-8-15-16(11-12)20-18(19-15)23-10-9-17(21)13-4-6-14(22-2)7-5-13/h3-11H,1-2H3,(H,19,20)/b10-9-. The van der Waals surface area contributed by atoms with Crippen LogP contribution in [0.2, 0.25) is 0 Å². The Morgan fingerprint density at radius 3 is 2.74 bits per heavy atom. The summed E-state index contributed by atoms with van der Waals surface area (Å²) < 4.78 is 5.08. The number of nitrogens with zero attached hydrogens (tertiary/aromatic N) is 1. The number of thioether (sulfide) groups is 1. The van der Waals surface area contributed by atoms with Crippen LogP contribution in [0.1, 0.15) is 15.9 Å². The Balaban J connectivity index is 1.67. The maximum Gasteiger partial charge on any atom is 0.186 e. The van der Waals surface area contributed by atoms with Crippen molar-refractivity contribution in [3.63, 3.8) is 0 Å². The van der Waals surface area contributed by atoms with Crippen LogP contribution < -0.4 is 4.74 Å². The number of hydrogen-bond acceptors (Lipinski definition) is 4. The number of methoxy groups -OCH3 is 1. The summed E-state index contributed by atoms with van der Waals surface area (Å²) in [6, 6.07) is 13.1. The molecule has 5 heteroatoms. The summed E-state index contributed by atoms with van der Waals surface area (Å²) in [5, 5.41) is 2.52. The van der Waals surface area contributed by atoms with Gasteiger partial charge in [0.2, 0.25) is 0 Å². The summed E-state index contributed by atoms with van der Waals surface area (Å²) >= 11 is 1.39. The van der Waals surface area contributed by atoms with E-state index < -0.39 is 0 Å². The number of rotatable bonds is 5. The Hall–Kier alpha value is -2.53. The molecule has 116 valence electrons. The van der Waals surface area contributed by atoms with Gasteiger partial charge >= 0.3 is 0 Å². The van der Waals surface area contributed by atoms with E-state index in [1.165, 1.54) is 17.3 Å². The van der Waals surface area contributed by atoms with Gasteiger partial charge in [0.1, 0.15) is 5.75 Å². The highest BCUT2D eigenvalue weighted by atomic mass is 32.2. The van der Waals surface area contributed by atoms with E-state index in [9.17, 15) is 4.79 Å². The number of carbonyl (C=O) groups is 1. The van der Waals surface area contributed by atoms with Crippen molar-refractivity contribution < 1.29 is 9.53 Å². The molecular formula is C18H16N2O2S. The van der Waals surface area contributed by atoms with Crippen molar-refractivity contribution in [1.82, 2.24) is 9.97 Å². The molecule has 0 aliphatic carbocycles. The molecule has 0 unspecified atom stereocenters. The molecule has 0 saturated carbocycles. The number of aromatic amines is 1. The molecule has 3 aromatic rings. The van der Waals surface area contributed by atoms with Crippen molar-refractivity contribution in [2.24, 2.45) is 0 Å². The predicted octanol–water partition coefficient (Wildman–Crippen LogP) is 4.37. The summed E-state index contributed by atoms with van der Waals surface area (Å²) in [6.07, 6.45) is 1.55. The Morgan fingerprint density at radius 2 is 2.00 bits per heavy atom. The molecule has 0 fully saturated rings. The minimum Gasteiger partial charge on any atom is -0.497 e. The van der Waals surface area contributed by atoms with Gasteiger partial charge < -0.3 is 9.72 Å². The van der Waals surface area contributed by atoms with Crippen molar-refractivity contribution >= 4 is 28.6 Å². The molecule has 0 atom stereocenters. The normalized spacial score (nSPS) is 11.2. The van der Waals surface area contributed by atoms with E-state index in [0.717, 1.165) is 21.9 Å². The van der Waals surface area contributed by atoms with E-state index >= 15 is 0 Å². The van der Waals surface area contributed by atoms with Gasteiger partial charge in [0.05, 0.1) is 18.1 Å². The van der Waals surface area contributed by atoms with Crippen LogP contribution in [0.3, 0.4) is 0 Å². The van der Waals surface area contributed by atoms with Crippen molar-refractivity contribution in [2.75, 3.05) is 7.11 Å². The molecule has 1 heterocycles. The van der Waals surface area contributed by atoms with Crippen LogP contribution in [0.15, 0.2) is 59.1 Å². The van der Waals surface area contributed by atoms with E-state index in [-0.39, 0.29) is 5.78 Å². The number of imidazole rings is 1. The Labute approximate surface area is 138 Å². The largest absolute Gasteiger partial charge is 0.497 e. The molecule has 1 N–H and O–H groups in total. The van der Waals surface area contributed by atoms with Gasteiger partial charge in [0.25, 0.3) is 0 Å². The number of aromatic nitrogens is 2. The molecule has 1 aromatic heterocycles. The highest BCUT2D eigenvalue weighted by Crippen LogP contribution is 2.21. The maximum absolute atomic E-state index is 12.1. The molecule has 0 saturated heterocycles. The zero-order valence-electron chi connectivity index (χ0n) is 12.9. The average molecular weight is 324 g/mol. The Morgan fingerprint density at radius 1 is 1.22 bits per heavy atom. The van der Waals surface area contributed by atoms with Crippen molar-refractivity contribution in [3.8, 4) is 5.75 Å². The van der Waals surface area contributed by atoms with Gasteiger partial charge in [-0.25, -0.2) is 4.98 Å². The molecule has 2 aromatic carbocycles. The van der Waals surface area contributed by atoms with Gasteiger partial charge in [0.15, 0.2) is 10.9 Å². The van der Waals surface area contributed by atoms with Crippen LogP contribution in [-0.2, 0) is 0 Å². The molecule has 3 rings (SSSR count). The molecule has 0 spiro atoms. The fourth-order valence-electron chi connectivity index (χ4n) is 2.17. The average Bonchev–Trinajstić information content (AvgIpc) is 2.96. The first-order chi connectivity index (χ1) is 11.2. The smallest absolute Gasteiger partial charge is 0.186 e. The van der Waals surface area contributed by atoms with Gasteiger partial charge in [-0.2, -0.15) is 0 Å². The maximum atomic E-state index is 12.1. The third-order valence-corrected chi connectivity index (χ3v) is 4.08. The number of ketones is 1. The van der Waals surface area contributed by atoms with E-state index in [1.807, 2.05) is 19.1 Å². The lowest BCUT2D eigenvalue weighted by molar-refractivity contribution is 0.104. The number of H-pyrrole nitrogens is 1. The highest BCUT2D eigenvalue weighted by molar-refractivity contribution is 8.02. The van der Waals surface area contributed by atoms with Gasteiger partial charge in [0, 0.05) is 5.56 Å². The van der Waals surface area contributed by atoms with Crippen LogP contribution in [0.25, 0.3) is 11.0 Å². The Kier molecular flexibility index (Phi) is 4.48. The minimum atomic E-state index is -0.0490. The number of ether oxygens (including phenoxy) is 1. The van der Waals surface area contributed by atoms with Crippen LogP contribution in [0.5, 0.6) is 5.75 Å². The fourth-order valence-corrected chi connectivity index (χ4v) is 2.81. The molecule has 0 aliphatic heterocycles. The second kappa shape index (κ2) is 6.71. The Bertz CT molecular complexity index is 866. The number of nitrogens with one attached hydrogen (secondary N) is 1. The monoisotopic (exact) mass is 324 g/mol. The summed E-state index contributed by atoms with van der Waals surface area (Å²) in [7, 11) is 1.60. The number of aryl methyl sites for hydroxylation is 1. The first-order valence-corrected chi connectivity index (χ1v) is 8.01. The molecule has 23 heavy (non-hydrogen) atoms. The molecule has 0 amide bonds. The first kappa shape index (κ1) is 15.4. The van der Waals surface area contributed by atoms with Crippen LogP contribution in [0.4, 0.5) is 0 Å². The summed E-state index contributed by atoms with van der Waals surface area (Å²) in [4.78, 5) is 19.8. The van der Waals surface area contributed by atoms with Crippen LogP contribution in [-0.4, -0.2) is 22.9 Å².